The summed E-state index contributed by atoms with van der Waals surface area (Å²) in [6.45, 7) is 4.46. The second kappa shape index (κ2) is 5.14. The number of para-hydroxylation sites is 1. The number of hydrogen-bond donors (Lipinski definition) is 0. The van der Waals surface area contributed by atoms with Crippen LogP contribution >= 0.6 is 0 Å². The molecule has 0 atom stereocenters. The predicted molar refractivity (Wildman–Crippen MR) is 116 cm³/mol. The Hall–Kier alpha value is -3.33. The van der Waals surface area contributed by atoms with Crippen molar-refractivity contribution < 1.29 is 9.30 Å². The molecular weight excluding hydrogens is 344 g/mol. The van der Waals surface area contributed by atoms with Gasteiger partial charge in [0.2, 0.25) is 5.52 Å². The summed E-state index contributed by atoms with van der Waals surface area (Å²) >= 11 is 0. The molecule has 136 valence electrons. The van der Waals surface area contributed by atoms with Crippen molar-refractivity contribution in [1.82, 2.24) is 4.40 Å². The van der Waals surface area contributed by atoms with Gasteiger partial charge in [0, 0.05) is 16.8 Å². The monoisotopic (exact) mass is 365 g/mol. The van der Waals surface area contributed by atoms with Gasteiger partial charge in [0.1, 0.15) is 12.8 Å². The minimum absolute atomic E-state index is 0.913. The van der Waals surface area contributed by atoms with Crippen LogP contribution in [0.2, 0.25) is 0 Å². The van der Waals surface area contributed by atoms with E-state index in [0.717, 1.165) is 11.3 Å². The lowest BCUT2D eigenvalue weighted by Crippen LogP contribution is -2.29. The van der Waals surface area contributed by atoms with Gasteiger partial charge in [-0.15, -0.1) is 0 Å². The molecule has 0 aliphatic carbocycles. The van der Waals surface area contributed by atoms with Crippen LogP contribution in [0.1, 0.15) is 11.1 Å². The number of fused-ring (bicyclic) bond motifs is 5. The van der Waals surface area contributed by atoms with E-state index in [-0.39, 0.29) is 0 Å². The van der Waals surface area contributed by atoms with Gasteiger partial charge < -0.3 is 9.14 Å². The highest BCUT2D eigenvalue weighted by Gasteiger charge is 2.25. The van der Waals surface area contributed by atoms with E-state index in [4.69, 9.17) is 4.74 Å². The lowest BCUT2D eigenvalue weighted by atomic mass is 9.97. The minimum Gasteiger partial charge on any atom is -0.495 e. The zero-order chi connectivity index (χ0) is 19.2. The Bertz CT molecular complexity index is 1570. The Morgan fingerprint density at radius 3 is 2.54 bits per heavy atom. The average molecular weight is 365 g/mol. The van der Waals surface area contributed by atoms with Gasteiger partial charge in [-0.05, 0) is 48.6 Å². The van der Waals surface area contributed by atoms with E-state index in [1.54, 1.807) is 7.11 Å². The maximum absolute atomic E-state index is 5.81. The molecule has 3 heteroatoms. The molecular formula is C25H21N2O+. The standard InChI is InChI=1S/C25H21N2O/c1-14-13-18-17-8-6-10-20(28-4)23(17)27-19-9-5-7-16-11-12-26(3)25(22(16)19)21(15(14)2)24(18)27/h5-13H,1-4H3/q+1. The van der Waals surface area contributed by atoms with Gasteiger partial charge in [-0.25, -0.2) is 4.57 Å². The SMILES string of the molecule is COc1cccc2c3cc(C)c(C)c4c3n(c3cccc5cc[n+](C)c4c53)c12. The van der Waals surface area contributed by atoms with E-state index in [1.807, 2.05) is 0 Å². The zero-order valence-corrected chi connectivity index (χ0v) is 16.5. The van der Waals surface area contributed by atoms with Crippen LogP contribution in [-0.4, -0.2) is 11.5 Å². The fourth-order valence-corrected chi connectivity index (χ4v) is 5.00. The summed E-state index contributed by atoms with van der Waals surface area (Å²) in [5.41, 5.74) is 7.62. The van der Waals surface area contributed by atoms with E-state index < -0.39 is 0 Å². The second-order valence-corrected chi connectivity index (χ2v) is 7.80. The minimum atomic E-state index is 0.913. The van der Waals surface area contributed by atoms with Crippen LogP contribution in [0.15, 0.2) is 54.7 Å². The molecule has 0 bridgehead atoms. The third kappa shape index (κ3) is 1.68. The van der Waals surface area contributed by atoms with Crippen molar-refractivity contribution in [2.24, 2.45) is 7.05 Å². The summed E-state index contributed by atoms with van der Waals surface area (Å²) in [4.78, 5) is 0. The van der Waals surface area contributed by atoms with Crippen LogP contribution in [0.3, 0.4) is 0 Å². The first kappa shape index (κ1) is 15.7. The largest absolute Gasteiger partial charge is 0.495 e. The Balaban J connectivity index is 2.15. The molecule has 6 aromatic rings. The summed E-state index contributed by atoms with van der Waals surface area (Å²) in [7, 11) is 3.91. The maximum Gasteiger partial charge on any atom is 0.224 e. The van der Waals surface area contributed by atoms with Crippen LogP contribution in [0.25, 0.3) is 49.0 Å². The molecule has 0 N–H and O–H groups in total. The maximum atomic E-state index is 5.81. The van der Waals surface area contributed by atoms with Crippen LogP contribution in [0, 0.1) is 13.8 Å². The summed E-state index contributed by atoms with van der Waals surface area (Å²) in [6, 6.07) is 17.5. The number of aromatic nitrogens is 2. The van der Waals surface area contributed by atoms with Crippen molar-refractivity contribution in [2.45, 2.75) is 13.8 Å². The van der Waals surface area contributed by atoms with E-state index in [0.29, 0.717) is 0 Å². The molecule has 0 aliphatic rings. The van der Waals surface area contributed by atoms with Crippen LogP contribution < -0.4 is 9.30 Å². The Labute approximate surface area is 162 Å². The molecule has 0 saturated heterocycles. The summed E-state index contributed by atoms with van der Waals surface area (Å²) in [5.74, 6) is 0.913. The van der Waals surface area contributed by atoms with Gasteiger partial charge in [0.25, 0.3) is 0 Å². The zero-order valence-electron chi connectivity index (χ0n) is 16.5. The van der Waals surface area contributed by atoms with Gasteiger partial charge in [-0.2, -0.15) is 0 Å². The highest BCUT2D eigenvalue weighted by molar-refractivity contribution is 6.26. The highest BCUT2D eigenvalue weighted by atomic mass is 16.5. The third-order valence-corrected chi connectivity index (χ3v) is 6.40. The predicted octanol–water partition coefficient (Wildman–Crippen LogP) is 5.44. The lowest BCUT2D eigenvalue weighted by molar-refractivity contribution is -0.643. The van der Waals surface area contributed by atoms with Crippen molar-refractivity contribution >= 4 is 49.0 Å². The van der Waals surface area contributed by atoms with Gasteiger partial charge >= 0.3 is 0 Å². The fraction of sp³-hybridized carbons (Fsp3) is 0.160. The number of rotatable bonds is 1. The Morgan fingerprint density at radius 2 is 1.71 bits per heavy atom. The summed E-state index contributed by atoms with van der Waals surface area (Å²) in [5, 5.41) is 6.44. The third-order valence-electron chi connectivity index (χ3n) is 6.40. The van der Waals surface area contributed by atoms with Gasteiger partial charge in [0.05, 0.1) is 34.4 Å². The van der Waals surface area contributed by atoms with E-state index in [1.165, 1.54) is 54.6 Å². The number of pyridine rings is 2. The topological polar surface area (TPSA) is 17.5 Å². The molecule has 3 heterocycles. The van der Waals surface area contributed by atoms with Crippen molar-refractivity contribution in [3.05, 3.63) is 65.9 Å². The average Bonchev–Trinajstić information content (AvgIpc) is 3.04. The Morgan fingerprint density at radius 1 is 0.893 bits per heavy atom. The van der Waals surface area contributed by atoms with Gasteiger partial charge in [0.15, 0.2) is 6.20 Å². The Kier molecular flexibility index (Phi) is 2.88. The van der Waals surface area contributed by atoms with E-state index in [2.05, 4.69) is 84.6 Å². The summed E-state index contributed by atoms with van der Waals surface area (Å²) in [6.07, 6.45) is 2.17. The first-order valence-electron chi connectivity index (χ1n) is 9.65. The molecule has 3 aromatic heterocycles. The number of benzene rings is 3. The normalized spacial score (nSPS) is 12.3. The summed E-state index contributed by atoms with van der Waals surface area (Å²) < 4.78 is 10.5. The lowest BCUT2D eigenvalue weighted by Gasteiger charge is -2.14. The number of methoxy groups -OCH3 is 1. The molecule has 0 amide bonds. The van der Waals surface area contributed by atoms with E-state index in [9.17, 15) is 0 Å². The number of ether oxygens (including phenoxy) is 1. The van der Waals surface area contributed by atoms with Crippen molar-refractivity contribution in [3.63, 3.8) is 0 Å². The van der Waals surface area contributed by atoms with Crippen molar-refractivity contribution in [2.75, 3.05) is 7.11 Å². The highest BCUT2D eigenvalue weighted by Crippen LogP contribution is 2.43. The first-order chi connectivity index (χ1) is 13.6. The van der Waals surface area contributed by atoms with Crippen LogP contribution in [-0.2, 0) is 7.05 Å². The van der Waals surface area contributed by atoms with Crippen molar-refractivity contribution in [3.8, 4) is 5.75 Å². The fourth-order valence-electron chi connectivity index (χ4n) is 5.00. The molecule has 0 radical (unpaired) electrons. The molecule has 3 nitrogen and oxygen atoms in total. The smallest absolute Gasteiger partial charge is 0.224 e. The van der Waals surface area contributed by atoms with Crippen molar-refractivity contribution in [1.29, 1.82) is 0 Å². The molecule has 3 aromatic carbocycles. The number of hydrogen-bond acceptors (Lipinski definition) is 1. The van der Waals surface area contributed by atoms with E-state index >= 15 is 0 Å². The van der Waals surface area contributed by atoms with Crippen LogP contribution in [0.4, 0.5) is 0 Å². The molecule has 28 heavy (non-hydrogen) atoms. The molecule has 0 fully saturated rings. The van der Waals surface area contributed by atoms with Gasteiger partial charge in [-0.1, -0.05) is 24.3 Å². The molecule has 0 unspecified atom stereocenters. The molecule has 0 spiro atoms. The molecule has 0 saturated carbocycles. The van der Waals surface area contributed by atoms with Gasteiger partial charge in [-0.3, -0.25) is 0 Å². The first-order valence-corrected chi connectivity index (χ1v) is 9.65. The quantitative estimate of drug-likeness (QED) is 0.215. The van der Waals surface area contributed by atoms with Crippen LogP contribution in [0.5, 0.6) is 5.75 Å². The second-order valence-electron chi connectivity index (χ2n) is 7.80. The molecule has 0 aliphatic heterocycles. The number of nitrogens with zero attached hydrogens (tertiary/aromatic N) is 2. The number of aryl methyl sites for hydroxylation is 3. The molecule has 6 rings (SSSR count).